The smallest absolute Gasteiger partial charge is 0.333 e. The van der Waals surface area contributed by atoms with Gasteiger partial charge in [-0.25, -0.2) is 4.79 Å². The second kappa shape index (κ2) is 11.3. The highest BCUT2D eigenvalue weighted by atomic mass is 16.5. The Balaban J connectivity index is 1.55. The molecule has 256 valence electrons. The van der Waals surface area contributed by atoms with Crippen LogP contribution in [0.1, 0.15) is 101 Å². The summed E-state index contributed by atoms with van der Waals surface area (Å²) in [5, 5.41) is 33.7. The van der Waals surface area contributed by atoms with E-state index in [9.17, 15) is 29.7 Å². The summed E-state index contributed by atoms with van der Waals surface area (Å²) < 4.78 is 18.1. The average Bonchev–Trinajstić information content (AvgIpc) is 3.29. The van der Waals surface area contributed by atoms with Gasteiger partial charge in [-0.3, -0.25) is 9.59 Å². The van der Waals surface area contributed by atoms with E-state index < -0.39 is 58.0 Å². The summed E-state index contributed by atoms with van der Waals surface area (Å²) in [6.07, 6.45) is 3.81. The third-order valence-corrected chi connectivity index (χ3v) is 13.1. The molecule has 0 spiro atoms. The SMILES string of the molecule is C/C=C(\C)C(=O)O[C@H]1CC[C@]2(C)[C@H]3[C@H](OC(C)=O)C[C@]4(C)C(=CC[C@H]4C4=CO[C@H](C(C)(C)O)[C@H](O)C4=O)[C@]3(C)[C@H](O)C[C@H]2C1(C)C. The lowest BCUT2D eigenvalue weighted by Crippen LogP contribution is -2.69. The monoisotopic (exact) mass is 642 g/mol. The second-order valence-electron chi connectivity index (χ2n) is 16.6. The number of aliphatic hydroxyl groups excluding tert-OH is 2. The van der Waals surface area contributed by atoms with Crippen LogP contribution >= 0.6 is 0 Å². The van der Waals surface area contributed by atoms with Gasteiger partial charge in [0.25, 0.3) is 0 Å². The van der Waals surface area contributed by atoms with Crippen molar-refractivity contribution in [1.82, 2.24) is 0 Å². The van der Waals surface area contributed by atoms with Gasteiger partial charge in [0.15, 0.2) is 18.0 Å². The molecule has 9 nitrogen and oxygen atoms in total. The molecular weight excluding hydrogens is 588 g/mol. The van der Waals surface area contributed by atoms with Crippen LogP contribution < -0.4 is 0 Å². The fourth-order valence-electron chi connectivity index (χ4n) is 10.8. The van der Waals surface area contributed by atoms with Crippen LogP contribution in [-0.4, -0.2) is 69.2 Å². The minimum absolute atomic E-state index is 0.0318. The van der Waals surface area contributed by atoms with Crippen LogP contribution in [0.5, 0.6) is 0 Å². The third kappa shape index (κ3) is 5.02. The number of Topliss-reactive ketones (excluding diaryl/α,β-unsaturated/α-hetero) is 1. The average molecular weight is 643 g/mol. The number of ketones is 1. The molecule has 0 aromatic rings. The molecule has 3 saturated carbocycles. The number of hydrogen-bond acceptors (Lipinski definition) is 9. The molecule has 5 aliphatic rings. The normalized spacial score (nSPS) is 43.7. The van der Waals surface area contributed by atoms with Crippen molar-refractivity contribution in [3.05, 3.63) is 35.1 Å². The van der Waals surface area contributed by atoms with Crippen LogP contribution in [0.2, 0.25) is 0 Å². The van der Waals surface area contributed by atoms with Crippen molar-refractivity contribution in [3.63, 3.8) is 0 Å². The van der Waals surface area contributed by atoms with Gasteiger partial charge in [-0.1, -0.05) is 52.3 Å². The van der Waals surface area contributed by atoms with Crippen LogP contribution in [0.25, 0.3) is 0 Å². The number of aliphatic hydroxyl groups is 3. The highest BCUT2D eigenvalue weighted by molar-refractivity contribution is 6.00. The first-order valence-corrected chi connectivity index (χ1v) is 16.9. The van der Waals surface area contributed by atoms with Crippen molar-refractivity contribution >= 4 is 17.7 Å². The topological polar surface area (TPSA) is 140 Å². The van der Waals surface area contributed by atoms with Gasteiger partial charge in [0.05, 0.1) is 18.0 Å². The van der Waals surface area contributed by atoms with Gasteiger partial charge < -0.3 is 29.5 Å². The van der Waals surface area contributed by atoms with E-state index in [0.29, 0.717) is 36.8 Å². The quantitative estimate of drug-likeness (QED) is 0.216. The molecule has 11 atom stereocenters. The molecule has 0 saturated heterocycles. The molecule has 0 bridgehead atoms. The predicted molar refractivity (Wildman–Crippen MR) is 171 cm³/mol. The Morgan fingerprint density at radius 3 is 2.33 bits per heavy atom. The lowest BCUT2D eigenvalue weighted by atomic mass is 9.36. The van der Waals surface area contributed by atoms with E-state index in [0.717, 1.165) is 12.0 Å². The Labute approximate surface area is 273 Å². The maximum atomic E-state index is 13.6. The number of esters is 2. The number of rotatable bonds is 5. The number of fused-ring (bicyclic) bond motifs is 5. The van der Waals surface area contributed by atoms with Crippen LogP contribution in [-0.2, 0) is 28.6 Å². The molecule has 5 rings (SSSR count). The minimum atomic E-state index is -1.52. The zero-order valence-corrected chi connectivity index (χ0v) is 29.2. The molecule has 0 radical (unpaired) electrons. The van der Waals surface area contributed by atoms with E-state index in [4.69, 9.17) is 14.2 Å². The Morgan fingerprint density at radius 1 is 1.09 bits per heavy atom. The first-order valence-electron chi connectivity index (χ1n) is 16.9. The Bertz CT molecular complexity index is 1380. The van der Waals surface area contributed by atoms with Crippen molar-refractivity contribution in [3.8, 4) is 0 Å². The van der Waals surface area contributed by atoms with Crippen molar-refractivity contribution in [1.29, 1.82) is 0 Å². The van der Waals surface area contributed by atoms with Gasteiger partial charge in [-0.2, -0.15) is 0 Å². The second-order valence-corrected chi connectivity index (χ2v) is 16.6. The molecule has 0 aromatic heterocycles. The number of allylic oxidation sites excluding steroid dienone is 2. The molecule has 3 fully saturated rings. The maximum Gasteiger partial charge on any atom is 0.333 e. The van der Waals surface area contributed by atoms with E-state index in [1.54, 1.807) is 13.0 Å². The molecule has 46 heavy (non-hydrogen) atoms. The highest BCUT2D eigenvalue weighted by Gasteiger charge is 2.72. The fraction of sp³-hybridized carbons (Fsp3) is 0.757. The van der Waals surface area contributed by atoms with Crippen molar-refractivity contribution in [2.24, 2.45) is 39.4 Å². The van der Waals surface area contributed by atoms with Crippen molar-refractivity contribution < 1.29 is 43.9 Å². The van der Waals surface area contributed by atoms with Gasteiger partial charge in [0.1, 0.15) is 12.2 Å². The number of carbonyl (C=O) groups excluding carboxylic acids is 3. The first-order chi connectivity index (χ1) is 21.1. The van der Waals surface area contributed by atoms with E-state index in [1.807, 2.05) is 6.92 Å². The zero-order chi connectivity index (χ0) is 34.4. The van der Waals surface area contributed by atoms with E-state index in [-0.39, 0.29) is 35.2 Å². The van der Waals surface area contributed by atoms with Gasteiger partial charge >= 0.3 is 11.9 Å². The lowest BCUT2D eigenvalue weighted by molar-refractivity contribution is -0.245. The van der Waals surface area contributed by atoms with E-state index in [1.165, 1.54) is 27.0 Å². The van der Waals surface area contributed by atoms with Crippen molar-refractivity contribution in [2.45, 2.75) is 137 Å². The van der Waals surface area contributed by atoms with Crippen LogP contribution in [0.15, 0.2) is 35.1 Å². The molecular formula is C37H54O9. The number of hydrogen-bond donors (Lipinski definition) is 3. The van der Waals surface area contributed by atoms with Crippen LogP contribution in [0.4, 0.5) is 0 Å². The van der Waals surface area contributed by atoms with Gasteiger partial charge in [-0.05, 0) is 76.5 Å². The highest BCUT2D eigenvalue weighted by Crippen LogP contribution is 2.73. The summed E-state index contributed by atoms with van der Waals surface area (Å²) in [5.74, 6) is -1.84. The molecule has 0 unspecified atom stereocenters. The summed E-state index contributed by atoms with van der Waals surface area (Å²) in [4.78, 5) is 39.2. The predicted octanol–water partition coefficient (Wildman–Crippen LogP) is 4.97. The molecule has 1 aliphatic heterocycles. The van der Waals surface area contributed by atoms with E-state index in [2.05, 4.69) is 40.7 Å². The molecule has 1 heterocycles. The molecule has 9 heteroatoms. The van der Waals surface area contributed by atoms with E-state index >= 15 is 0 Å². The number of carbonyl (C=O) groups is 3. The molecule has 3 N–H and O–H groups in total. The third-order valence-electron chi connectivity index (χ3n) is 13.1. The summed E-state index contributed by atoms with van der Waals surface area (Å²) in [7, 11) is 0. The van der Waals surface area contributed by atoms with Crippen LogP contribution in [0.3, 0.4) is 0 Å². The first kappa shape index (κ1) is 34.8. The number of ether oxygens (including phenoxy) is 3. The largest absolute Gasteiger partial charge is 0.491 e. The van der Waals surface area contributed by atoms with Gasteiger partial charge in [0, 0.05) is 40.7 Å². The fourth-order valence-corrected chi connectivity index (χ4v) is 10.8. The molecule has 0 amide bonds. The summed E-state index contributed by atoms with van der Waals surface area (Å²) in [5.41, 5.74) is -1.75. The van der Waals surface area contributed by atoms with Crippen LogP contribution in [0, 0.1) is 39.4 Å². The maximum absolute atomic E-state index is 13.6. The zero-order valence-electron chi connectivity index (χ0n) is 29.2. The Hall–Kier alpha value is -2.49. The summed E-state index contributed by atoms with van der Waals surface area (Å²) in [6, 6.07) is 0. The minimum Gasteiger partial charge on any atom is -0.491 e. The Morgan fingerprint density at radius 2 is 1.74 bits per heavy atom. The van der Waals surface area contributed by atoms with Gasteiger partial charge in [0.2, 0.25) is 0 Å². The lowest BCUT2D eigenvalue weighted by Gasteiger charge is -2.69. The molecule has 0 aromatic carbocycles. The summed E-state index contributed by atoms with van der Waals surface area (Å²) in [6.45, 7) is 18.6. The standard InChI is InChI=1S/C37H54O9/c1-11-19(2)32(42)46-27-14-15-35(8)25(33(27,4)5)16-26(39)37(10)24-13-12-22(36(24,9)17-23(30(35)37)45-20(3)38)21-18-44-31(34(6,7)43)29(41)28(21)40/h11,13,18,22-23,25-27,29-31,39,41,43H,12,14-17H2,1-10H3/b19-11+/t22-,23+,25-,26+,27-,29+,30+,31-,35-,36-,37+/m0/s1. The van der Waals surface area contributed by atoms with Crippen molar-refractivity contribution in [2.75, 3.05) is 0 Å². The Kier molecular flexibility index (Phi) is 8.56. The summed E-state index contributed by atoms with van der Waals surface area (Å²) >= 11 is 0. The van der Waals surface area contributed by atoms with Gasteiger partial charge in [-0.15, -0.1) is 0 Å². The molecule has 4 aliphatic carbocycles.